The first-order chi connectivity index (χ1) is 16.6. The van der Waals surface area contributed by atoms with Gasteiger partial charge in [-0.05, 0) is 56.0 Å². The summed E-state index contributed by atoms with van der Waals surface area (Å²) in [5, 5.41) is 3.33. The fraction of sp³-hybridized carbons (Fsp3) is 0.536. The van der Waals surface area contributed by atoms with Crippen LogP contribution in [0.3, 0.4) is 0 Å². The summed E-state index contributed by atoms with van der Waals surface area (Å²) in [4.78, 5) is 15.6. The Morgan fingerprint density at radius 2 is 1.69 bits per heavy atom. The highest BCUT2D eigenvalue weighted by molar-refractivity contribution is 7.89. The van der Waals surface area contributed by atoms with E-state index in [1.807, 2.05) is 0 Å². The second-order valence-corrected chi connectivity index (χ2v) is 11.9. The van der Waals surface area contributed by atoms with Crippen LogP contribution >= 0.6 is 0 Å². The fourth-order valence-corrected chi connectivity index (χ4v) is 6.84. The zero-order valence-electron chi connectivity index (χ0n) is 21.8. The molecule has 0 bridgehead atoms. The molecule has 0 saturated carbocycles. The first-order valence-electron chi connectivity index (χ1n) is 12.8. The van der Waals surface area contributed by atoms with Gasteiger partial charge in [0.25, 0.3) is 0 Å². The summed E-state index contributed by atoms with van der Waals surface area (Å²) in [5.74, 6) is 0.550. The minimum atomic E-state index is -3.62. The summed E-state index contributed by atoms with van der Waals surface area (Å²) in [7, 11) is -3.62. The van der Waals surface area contributed by atoms with Gasteiger partial charge in [-0.2, -0.15) is 4.31 Å². The van der Waals surface area contributed by atoms with Crippen molar-refractivity contribution in [2.24, 2.45) is 11.8 Å². The third kappa shape index (κ3) is 7.00. The number of carbonyl (C=O) groups excluding carboxylic acids is 1. The number of hydrogen-bond acceptors (Lipinski definition) is 5. The zero-order chi connectivity index (χ0) is 25.6. The minimum Gasteiger partial charge on any atom is -0.308 e. The van der Waals surface area contributed by atoms with Crippen LogP contribution in [0.5, 0.6) is 0 Å². The van der Waals surface area contributed by atoms with E-state index in [1.54, 1.807) is 22.5 Å². The second kappa shape index (κ2) is 12.3. The molecule has 0 spiro atoms. The second-order valence-electron chi connectivity index (χ2n) is 10.00. The van der Waals surface area contributed by atoms with Gasteiger partial charge < -0.3 is 5.32 Å². The molecule has 3 atom stereocenters. The molecule has 7 heteroatoms. The number of aryl methyl sites for hydroxylation is 1. The van der Waals surface area contributed by atoms with Crippen LogP contribution in [0.15, 0.2) is 53.4 Å². The molecule has 2 aromatic carbocycles. The van der Waals surface area contributed by atoms with E-state index in [0.717, 1.165) is 19.5 Å². The third-order valence-electron chi connectivity index (χ3n) is 6.97. The summed E-state index contributed by atoms with van der Waals surface area (Å²) in [6.45, 7) is 14.2. The summed E-state index contributed by atoms with van der Waals surface area (Å²) in [6, 6.07) is 15.2. The van der Waals surface area contributed by atoms with Crippen molar-refractivity contribution in [1.29, 1.82) is 0 Å². The van der Waals surface area contributed by atoms with Crippen molar-refractivity contribution in [1.82, 2.24) is 14.5 Å². The largest absolute Gasteiger partial charge is 0.308 e. The van der Waals surface area contributed by atoms with Crippen LogP contribution < -0.4 is 5.32 Å². The van der Waals surface area contributed by atoms with Gasteiger partial charge >= 0.3 is 0 Å². The molecule has 3 unspecified atom stereocenters. The lowest BCUT2D eigenvalue weighted by Gasteiger charge is -2.34. The minimum absolute atomic E-state index is 0.107. The molecule has 1 aliphatic heterocycles. The number of benzene rings is 2. The van der Waals surface area contributed by atoms with Crippen LogP contribution in [-0.4, -0.2) is 62.7 Å². The van der Waals surface area contributed by atoms with Crippen LogP contribution in [0.1, 0.15) is 61.6 Å². The Morgan fingerprint density at radius 3 is 2.29 bits per heavy atom. The molecule has 2 aromatic rings. The van der Waals surface area contributed by atoms with Gasteiger partial charge in [-0.15, -0.1) is 0 Å². The van der Waals surface area contributed by atoms with Gasteiger partial charge in [0.2, 0.25) is 10.0 Å². The molecule has 1 aliphatic rings. The highest BCUT2D eigenvalue weighted by Crippen LogP contribution is 2.27. The van der Waals surface area contributed by atoms with Gasteiger partial charge in [0, 0.05) is 31.2 Å². The molecule has 1 N–H and O–H groups in total. The predicted molar refractivity (Wildman–Crippen MR) is 142 cm³/mol. The molecule has 1 saturated heterocycles. The molecule has 0 amide bonds. The lowest BCUT2D eigenvalue weighted by Crippen LogP contribution is -2.42. The van der Waals surface area contributed by atoms with Crippen molar-refractivity contribution in [3.63, 3.8) is 0 Å². The van der Waals surface area contributed by atoms with E-state index in [4.69, 9.17) is 0 Å². The van der Waals surface area contributed by atoms with E-state index in [1.165, 1.54) is 17.2 Å². The van der Waals surface area contributed by atoms with Gasteiger partial charge in [0.05, 0.1) is 11.4 Å². The molecule has 0 aliphatic carbocycles. The molecule has 0 radical (unpaired) electrons. The van der Waals surface area contributed by atoms with Crippen LogP contribution in [0, 0.1) is 18.8 Å². The Kier molecular flexibility index (Phi) is 9.64. The highest BCUT2D eigenvalue weighted by Gasteiger charge is 2.32. The van der Waals surface area contributed by atoms with Crippen molar-refractivity contribution < 1.29 is 13.2 Å². The van der Waals surface area contributed by atoms with E-state index in [2.05, 4.69) is 69.1 Å². The third-order valence-corrected chi connectivity index (χ3v) is 8.80. The molecular weight excluding hydrogens is 458 g/mol. The number of carbonyl (C=O) groups is 1. The van der Waals surface area contributed by atoms with Gasteiger partial charge in [-0.3, -0.25) is 9.69 Å². The predicted octanol–water partition coefficient (Wildman–Crippen LogP) is 4.52. The van der Waals surface area contributed by atoms with Crippen LogP contribution in [0.25, 0.3) is 0 Å². The van der Waals surface area contributed by atoms with Gasteiger partial charge in [-0.1, -0.05) is 69.7 Å². The van der Waals surface area contributed by atoms with Crippen LogP contribution in [-0.2, 0) is 10.0 Å². The Bertz CT molecular complexity index is 1070. The van der Waals surface area contributed by atoms with E-state index in [0.29, 0.717) is 37.0 Å². The Morgan fingerprint density at radius 1 is 1.06 bits per heavy atom. The summed E-state index contributed by atoms with van der Waals surface area (Å²) >= 11 is 0. The quantitative estimate of drug-likeness (QED) is 0.461. The summed E-state index contributed by atoms with van der Waals surface area (Å²) < 4.78 is 28.1. The maximum atomic E-state index is 13.3. The number of likely N-dealkylation sites (N-methyl/N-ethyl adjacent to an activating group) is 1. The topological polar surface area (TPSA) is 69.7 Å². The number of nitrogens with one attached hydrogen (secondary N) is 1. The van der Waals surface area contributed by atoms with E-state index < -0.39 is 10.0 Å². The van der Waals surface area contributed by atoms with E-state index >= 15 is 0 Å². The van der Waals surface area contributed by atoms with Crippen LogP contribution in [0.4, 0.5) is 0 Å². The number of nitrogens with zero attached hydrogens (tertiary/aromatic N) is 2. The molecule has 3 rings (SSSR count). The van der Waals surface area contributed by atoms with Gasteiger partial charge in [0.15, 0.2) is 5.78 Å². The molecule has 0 aromatic heterocycles. The number of Topliss-reactive ketones (excluding diaryl/α,β-unsaturated/α-hetero) is 1. The SMILES string of the molecule is CCN(CC)C(CNCC(=O)c1cccc(S(=O)(=O)N2CC(C)CC(C)C2)c1)c1ccc(C)cc1. The Hall–Kier alpha value is -2.06. The normalized spacial score (nSPS) is 20.2. The molecule has 1 heterocycles. The Balaban J connectivity index is 1.69. The highest BCUT2D eigenvalue weighted by atomic mass is 32.2. The van der Waals surface area contributed by atoms with Crippen molar-refractivity contribution >= 4 is 15.8 Å². The number of piperidine rings is 1. The molecular formula is C28H41N3O3S. The van der Waals surface area contributed by atoms with E-state index in [-0.39, 0.29) is 23.3 Å². The maximum Gasteiger partial charge on any atom is 0.243 e. The Labute approximate surface area is 211 Å². The van der Waals surface area contributed by atoms with Crippen LogP contribution in [0.2, 0.25) is 0 Å². The summed E-state index contributed by atoms with van der Waals surface area (Å²) in [6.07, 6.45) is 1.04. The molecule has 35 heavy (non-hydrogen) atoms. The maximum absolute atomic E-state index is 13.3. The fourth-order valence-electron chi connectivity index (χ4n) is 5.12. The number of hydrogen-bond donors (Lipinski definition) is 1. The van der Waals surface area contributed by atoms with Gasteiger partial charge in [-0.25, -0.2) is 8.42 Å². The lowest BCUT2D eigenvalue weighted by atomic mass is 9.94. The number of rotatable bonds is 11. The number of ketones is 1. The average Bonchev–Trinajstić information content (AvgIpc) is 2.83. The first-order valence-corrected chi connectivity index (χ1v) is 14.2. The van der Waals surface area contributed by atoms with E-state index in [9.17, 15) is 13.2 Å². The van der Waals surface area contributed by atoms with Crippen molar-refractivity contribution in [2.75, 3.05) is 39.3 Å². The standard InChI is InChI=1S/C28H41N3O3S/c1-6-30(7-2)27(24-13-11-21(3)12-14-24)17-29-18-28(32)25-9-8-10-26(16-25)35(33,34)31-19-22(4)15-23(5)20-31/h8-14,16,22-23,27,29H,6-7,15,17-20H2,1-5H3. The van der Waals surface area contributed by atoms with Crippen molar-refractivity contribution in [3.8, 4) is 0 Å². The van der Waals surface area contributed by atoms with Gasteiger partial charge in [0.1, 0.15) is 0 Å². The molecule has 1 fully saturated rings. The van der Waals surface area contributed by atoms with Crippen molar-refractivity contribution in [2.45, 2.75) is 52.0 Å². The zero-order valence-corrected chi connectivity index (χ0v) is 22.6. The molecule has 192 valence electrons. The number of sulfonamides is 1. The summed E-state index contributed by atoms with van der Waals surface area (Å²) in [5.41, 5.74) is 2.86. The monoisotopic (exact) mass is 499 g/mol. The average molecular weight is 500 g/mol. The lowest BCUT2D eigenvalue weighted by molar-refractivity contribution is 0.0986. The molecule has 6 nitrogen and oxygen atoms in total. The van der Waals surface area contributed by atoms with Crippen molar-refractivity contribution in [3.05, 3.63) is 65.2 Å². The first kappa shape index (κ1) is 27.5. The smallest absolute Gasteiger partial charge is 0.243 e.